The molecule has 0 aliphatic carbocycles. The zero-order chi connectivity index (χ0) is 21.9. The SMILES string of the molecule is CCc1cc(N2CCN(c3ccc(OCC4CO4)c(CC)c3)CC2)ccc1OCC1CO1. The maximum absolute atomic E-state index is 5.97. The fourth-order valence-corrected chi connectivity index (χ4v) is 4.28. The van der Waals surface area contributed by atoms with Crippen molar-refractivity contribution in [2.75, 3.05) is 62.4 Å². The summed E-state index contributed by atoms with van der Waals surface area (Å²) >= 11 is 0. The molecule has 0 aromatic heterocycles. The number of ether oxygens (including phenoxy) is 4. The number of nitrogens with zero attached hydrogens (tertiary/aromatic N) is 2. The molecule has 3 heterocycles. The molecule has 0 spiro atoms. The van der Waals surface area contributed by atoms with Crippen molar-refractivity contribution in [3.05, 3.63) is 47.5 Å². The van der Waals surface area contributed by atoms with Crippen molar-refractivity contribution in [1.82, 2.24) is 0 Å². The van der Waals surface area contributed by atoms with Crippen LogP contribution in [0.5, 0.6) is 11.5 Å². The van der Waals surface area contributed by atoms with Gasteiger partial charge >= 0.3 is 0 Å². The van der Waals surface area contributed by atoms with Gasteiger partial charge in [0.1, 0.15) is 36.9 Å². The summed E-state index contributed by atoms with van der Waals surface area (Å²) < 4.78 is 22.5. The Morgan fingerprint density at radius 1 is 0.719 bits per heavy atom. The minimum atomic E-state index is 0.286. The summed E-state index contributed by atoms with van der Waals surface area (Å²) in [6.45, 7) is 11.4. The first-order valence-electron chi connectivity index (χ1n) is 12.0. The van der Waals surface area contributed by atoms with E-state index in [-0.39, 0.29) is 12.2 Å². The first kappa shape index (κ1) is 21.4. The predicted molar refractivity (Wildman–Crippen MR) is 127 cm³/mol. The van der Waals surface area contributed by atoms with E-state index in [4.69, 9.17) is 18.9 Å². The molecule has 6 heteroatoms. The third kappa shape index (κ3) is 5.13. The van der Waals surface area contributed by atoms with Crippen LogP contribution < -0.4 is 19.3 Å². The minimum absolute atomic E-state index is 0.286. The van der Waals surface area contributed by atoms with Crippen LogP contribution in [0, 0.1) is 0 Å². The second kappa shape index (κ2) is 9.59. The fraction of sp³-hybridized carbons (Fsp3) is 0.538. The Kier molecular flexibility index (Phi) is 6.42. The van der Waals surface area contributed by atoms with E-state index in [1.54, 1.807) is 0 Å². The molecule has 3 aliphatic heterocycles. The number of hydrogen-bond donors (Lipinski definition) is 0. The molecular weight excluding hydrogens is 404 g/mol. The van der Waals surface area contributed by atoms with Crippen LogP contribution in [0.3, 0.4) is 0 Å². The Balaban J connectivity index is 1.20. The average molecular weight is 439 g/mol. The molecule has 0 amide bonds. The van der Waals surface area contributed by atoms with Gasteiger partial charge in [0.15, 0.2) is 0 Å². The Morgan fingerprint density at radius 2 is 1.12 bits per heavy atom. The van der Waals surface area contributed by atoms with E-state index in [2.05, 4.69) is 60.0 Å². The van der Waals surface area contributed by atoms with Crippen molar-refractivity contribution >= 4 is 11.4 Å². The van der Waals surface area contributed by atoms with Crippen LogP contribution in [0.25, 0.3) is 0 Å². The topological polar surface area (TPSA) is 50.0 Å². The quantitative estimate of drug-likeness (QED) is 0.528. The number of hydrogen-bond acceptors (Lipinski definition) is 6. The largest absolute Gasteiger partial charge is 0.491 e. The van der Waals surface area contributed by atoms with E-state index in [0.29, 0.717) is 13.2 Å². The lowest BCUT2D eigenvalue weighted by Gasteiger charge is -2.38. The average Bonchev–Trinajstić information content (AvgIpc) is 3.77. The van der Waals surface area contributed by atoms with Gasteiger partial charge in [-0.1, -0.05) is 13.8 Å². The summed E-state index contributed by atoms with van der Waals surface area (Å²) in [6, 6.07) is 13.2. The molecule has 0 radical (unpaired) electrons. The highest BCUT2D eigenvalue weighted by molar-refractivity contribution is 5.57. The number of piperazine rings is 1. The van der Waals surface area contributed by atoms with Gasteiger partial charge in [-0.3, -0.25) is 0 Å². The van der Waals surface area contributed by atoms with Gasteiger partial charge in [0.2, 0.25) is 0 Å². The van der Waals surface area contributed by atoms with E-state index >= 15 is 0 Å². The minimum Gasteiger partial charge on any atom is -0.491 e. The van der Waals surface area contributed by atoms with Gasteiger partial charge in [-0.2, -0.15) is 0 Å². The lowest BCUT2D eigenvalue weighted by molar-refractivity contribution is 0.261. The van der Waals surface area contributed by atoms with Crippen LogP contribution in [-0.2, 0) is 22.3 Å². The Hall–Kier alpha value is -2.44. The van der Waals surface area contributed by atoms with Crippen LogP contribution in [0.2, 0.25) is 0 Å². The van der Waals surface area contributed by atoms with Gasteiger partial charge in [-0.05, 0) is 60.4 Å². The monoisotopic (exact) mass is 438 g/mol. The standard InChI is InChI=1S/C26H34N2O4/c1-3-19-13-21(5-7-25(19)31-17-23-15-29-23)27-9-11-28(12-10-27)22-6-8-26(20(4-2)14-22)32-18-24-16-30-24/h5-8,13-14,23-24H,3-4,9-12,15-18H2,1-2H3. The molecule has 0 bridgehead atoms. The number of benzene rings is 2. The molecule has 32 heavy (non-hydrogen) atoms. The molecule has 3 fully saturated rings. The molecule has 3 saturated heterocycles. The fourth-order valence-electron chi connectivity index (χ4n) is 4.28. The third-order valence-corrected chi connectivity index (χ3v) is 6.51. The summed E-state index contributed by atoms with van der Waals surface area (Å²) in [5.74, 6) is 1.99. The molecule has 2 aromatic carbocycles. The van der Waals surface area contributed by atoms with Crippen LogP contribution in [0.1, 0.15) is 25.0 Å². The highest BCUT2D eigenvalue weighted by Gasteiger charge is 2.25. The molecule has 172 valence electrons. The summed E-state index contributed by atoms with van der Waals surface area (Å²) in [7, 11) is 0. The summed E-state index contributed by atoms with van der Waals surface area (Å²) in [6.07, 6.45) is 2.51. The molecule has 5 rings (SSSR count). The van der Waals surface area contributed by atoms with E-state index in [9.17, 15) is 0 Å². The van der Waals surface area contributed by atoms with Gasteiger partial charge in [0.05, 0.1) is 13.2 Å². The Labute approximate surface area is 191 Å². The first-order valence-corrected chi connectivity index (χ1v) is 12.0. The van der Waals surface area contributed by atoms with Crippen molar-refractivity contribution in [2.24, 2.45) is 0 Å². The summed E-state index contributed by atoms with van der Waals surface area (Å²) in [5, 5.41) is 0. The van der Waals surface area contributed by atoms with Crippen molar-refractivity contribution in [3.63, 3.8) is 0 Å². The zero-order valence-electron chi connectivity index (χ0n) is 19.2. The molecule has 2 aromatic rings. The number of anilines is 2. The third-order valence-electron chi connectivity index (χ3n) is 6.51. The molecule has 6 nitrogen and oxygen atoms in total. The van der Waals surface area contributed by atoms with Crippen molar-refractivity contribution in [2.45, 2.75) is 38.9 Å². The van der Waals surface area contributed by atoms with E-state index in [1.165, 1.54) is 22.5 Å². The lowest BCUT2D eigenvalue weighted by atomic mass is 10.1. The van der Waals surface area contributed by atoms with Gasteiger partial charge in [0, 0.05) is 37.6 Å². The Morgan fingerprint density at radius 3 is 1.47 bits per heavy atom. The van der Waals surface area contributed by atoms with Crippen LogP contribution in [-0.4, -0.2) is 64.8 Å². The van der Waals surface area contributed by atoms with E-state index in [1.807, 2.05) is 0 Å². The normalized spacial score (nSPS) is 22.1. The zero-order valence-corrected chi connectivity index (χ0v) is 19.2. The second-order valence-corrected chi connectivity index (χ2v) is 8.80. The molecule has 0 saturated carbocycles. The van der Waals surface area contributed by atoms with Gasteiger partial charge < -0.3 is 28.7 Å². The van der Waals surface area contributed by atoms with Gasteiger partial charge in [0.25, 0.3) is 0 Å². The highest BCUT2D eigenvalue weighted by Crippen LogP contribution is 2.30. The van der Waals surface area contributed by atoms with E-state index < -0.39 is 0 Å². The number of epoxide rings is 2. The van der Waals surface area contributed by atoms with Gasteiger partial charge in [-0.15, -0.1) is 0 Å². The van der Waals surface area contributed by atoms with Crippen LogP contribution in [0.15, 0.2) is 36.4 Å². The number of aryl methyl sites for hydroxylation is 2. The summed E-state index contributed by atoms with van der Waals surface area (Å²) in [5.41, 5.74) is 5.12. The van der Waals surface area contributed by atoms with Crippen LogP contribution >= 0.6 is 0 Å². The first-order chi connectivity index (χ1) is 15.7. The van der Waals surface area contributed by atoms with Crippen molar-refractivity contribution in [3.8, 4) is 11.5 Å². The van der Waals surface area contributed by atoms with Crippen molar-refractivity contribution < 1.29 is 18.9 Å². The maximum Gasteiger partial charge on any atom is 0.122 e. The van der Waals surface area contributed by atoms with E-state index in [0.717, 1.165) is 63.7 Å². The van der Waals surface area contributed by atoms with Crippen molar-refractivity contribution in [1.29, 1.82) is 0 Å². The maximum atomic E-state index is 5.97. The predicted octanol–water partition coefficient (Wildman–Crippen LogP) is 3.69. The molecular formula is C26H34N2O4. The molecule has 2 atom stereocenters. The second-order valence-electron chi connectivity index (χ2n) is 8.80. The summed E-state index contributed by atoms with van der Waals surface area (Å²) in [4.78, 5) is 4.97. The molecule has 3 aliphatic rings. The number of rotatable bonds is 10. The highest BCUT2D eigenvalue weighted by atomic mass is 16.6. The smallest absolute Gasteiger partial charge is 0.122 e. The molecule has 2 unspecified atom stereocenters. The lowest BCUT2D eigenvalue weighted by Crippen LogP contribution is -2.46. The Bertz CT molecular complexity index is 843. The van der Waals surface area contributed by atoms with Crippen LogP contribution in [0.4, 0.5) is 11.4 Å². The van der Waals surface area contributed by atoms with Gasteiger partial charge in [-0.25, -0.2) is 0 Å². The molecule has 0 N–H and O–H groups in total.